The predicted molar refractivity (Wildman–Crippen MR) is 221 cm³/mol. The Labute approximate surface area is 313 Å². The summed E-state index contributed by atoms with van der Waals surface area (Å²) in [4.78, 5) is 16.3. The molecule has 8 aromatic carbocycles. The van der Waals surface area contributed by atoms with Crippen LogP contribution in [0.2, 0.25) is 0 Å². The van der Waals surface area contributed by atoms with E-state index in [1.165, 1.54) is 0 Å². The molecule has 1 aromatic heterocycles. The molecule has 1 aliphatic rings. The second kappa shape index (κ2) is 12.9. The first-order chi connectivity index (χ1) is 26.6. The van der Waals surface area contributed by atoms with E-state index < -0.39 is 6.23 Å². The monoisotopic (exact) mass is 694 g/mol. The fourth-order valence-corrected chi connectivity index (χ4v) is 8.12. The number of aromatic nitrogens is 1. The molecule has 0 aliphatic carbocycles. The second-order valence-electron chi connectivity index (χ2n) is 13.8. The van der Waals surface area contributed by atoms with Gasteiger partial charge < -0.3 is 9.67 Å². The average molecular weight is 695 g/mol. The molecule has 0 saturated heterocycles. The van der Waals surface area contributed by atoms with Crippen molar-refractivity contribution in [2.75, 3.05) is 4.90 Å². The van der Waals surface area contributed by atoms with Crippen LogP contribution in [0.5, 0.6) is 0 Å². The Bertz CT molecular complexity index is 2750. The van der Waals surface area contributed by atoms with Crippen molar-refractivity contribution in [2.24, 2.45) is 0 Å². The molecule has 10 rings (SSSR count). The highest BCUT2D eigenvalue weighted by Gasteiger charge is 2.40. The zero-order chi connectivity index (χ0) is 36.2. The molecule has 0 saturated carbocycles. The van der Waals surface area contributed by atoms with Crippen LogP contribution in [0.15, 0.2) is 194 Å². The molecule has 4 heteroatoms. The Morgan fingerprint density at radius 3 is 1.37 bits per heavy atom. The summed E-state index contributed by atoms with van der Waals surface area (Å²) in [6.45, 7) is 0. The van der Waals surface area contributed by atoms with E-state index in [0.717, 1.165) is 72.0 Å². The van der Waals surface area contributed by atoms with E-state index >= 15 is 0 Å². The number of aliphatic hydroxyl groups excluding tert-OH is 1. The largest absolute Gasteiger partial charge is 0.369 e. The summed E-state index contributed by atoms with van der Waals surface area (Å²) < 4.78 is 2.24. The molecule has 2 heterocycles. The van der Waals surface area contributed by atoms with E-state index in [0.29, 0.717) is 16.8 Å². The minimum absolute atomic E-state index is 0.238. The highest BCUT2D eigenvalue weighted by molar-refractivity contribution is 6.15. The van der Waals surface area contributed by atoms with E-state index in [2.05, 4.69) is 114 Å². The third kappa shape index (κ3) is 5.15. The van der Waals surface area contributed by atoms with Crippen molar-refractivity contribution in [1.29, 1.82) is 0 Å². The number of rotatable bonds is 6. The highest BCUT2D eigenvalue weighted by Crippen LogP contribution is 2.46. The summed E-state index contributed by atoms with van der Waals surface area (Å²) in [5, 5.41) is 14.8. The summed E-state index contributed by atoms with van der Waals surface area (Å²) in [6.07, 6.45) is -1.24. The maximum absolute atomic E-state index is 14.7. The lowest BCUT2D eigenvalue weighted by Gasteiger charge is -2.26. The lowest BCUT2D eigenvalue weighted by atomic mass is 9.97. The van der Waals surface area contributed by atoms with Crippen molar-refractivity contribution in [2.45, 2.75) is 6.23 Å². The predicted octanol–water partition coefficient (Wildman–Crippen LogP) is 12.1. The van der Waals surface area contributed by atoms with Gasteiger partial charge in [0.25, 0.3) is 5.91 Å². The van der Waals surface area contributed by atoms with Gasteiger partial charge in [-0.15, -0.1) is 0 Å². The van der Waals surface area contributed by atoms with Crippen LogP contribution >= 0.6 is 0 Å². The van der Waals surface area contributed by atoms with Gasteiger partial charge in [-0.3, -0.25) is 9.69 Å². The van der Waals surface area contributed by atoms with Gasteiger partial charge in [-0.2, -0.15) is 0 Å². The van der Waals surface area contributed by atoms with Gasteiger partial charge >= 0.3 is 0 Å². The molecule has 4 nitrogen and oxygen atoms in total. The Balaban J connectivity index is 1.21. The summed E-state index contributed by atoms with van der Waals surface area (Å²) in [7, 11) is 0. The Kier molecular flexibility index (Phi) is 7.57. The van der Waals surface area contributed by atoms with E-state index in [-0.39, 0.29) is 5.91 Å². The standard InChI is InChI=1S/C50H34N2O2/c53-49-43-22-13-23-44(48(43)50(54)52(49)45-30-37(33-14-5-1-6-15-33)24-27-40(45)36-20-11-4-12-21-36)51-46-31-38(34-16-7-2-8-17-34)25-28-41(46)42-29-26-39(32-47(42)51)35-18-9-3-10-19-35/h1-32,50,54H. The van der Waals surface area contributed by atoms with Gasteiger partial charge in [0.15, 0.2) is 6.23 Å². The quantitative estimate of drug-likeness (QED) is 0.188. The van der Waals surface area contributed by atoms with Crippen molar-refractivity contribution in [3.63, 3.8) is 0 Å². The van der Waals surface area contributed by atoms with Gasteiger partial charge in [-0.25, -0.2) is 0 Å². The lowest BCUT2D eigenvalue weighted by molar-refractivity contribution is 0.0935. The Morgan fingerprint density at radius 1 is 0.389 bits per heavy atom. The van der Waals surface area contributed by atoms with Gasteiger partial charge in [0, 0.05) is 27.5 Å². The SMILES string of the molecule is O=C1c2cccc(-n3c4cc(-c5ccccc5)ccc4c4ccc(-c5ccccc5)cc43)c2C(O)N1c1cc(-c2ccccc2)ccc1-c1ccccc1. The van der Waals surface area contributed by atoms with Gasteiger partial charge in [-0.1, -0.05) is 164 Å². The fourth-order valence-electron chi connectivity index (χ4n) is 8.12. The molecule has 1 atom stereocenters. The number of carbonyl (C=O) groups is 1. The molecule has 256 valence electrons. The van der Waals surface area contributed by atoms with Crippen LogP contribution in [0.1, 0.15) is 22.1 Å². The molecule has 1 unspecified atom stereocenters. The molecule has 1 N–H and O–H groups in total. The first-order valence-electron chi connectivity index (χ1n) is 18.2. The third-order valence-electron chi connectivity index (χ3n) is 10.7. The van der Waals surface area contributed by atoms with Crippen molar-refractivity contribution in [3.8, 4) is 50.2 Å². The van der Waals surface area contributed by atoms with Crippen LogP contribution in [-0.2, 0) is 0 Å². The topological polar surface area (TPSA) is 45.5 Å². The van der Waals surface area contributed by atoms with Crippen LogP contribution in [0.4, 0.5) is 5.69 Å². The molecule has 1 amide bonds. The van der Waals surface area contributed by atoms with Crippen molar-refractivity contribution >= 4 is 33.4 Å². The molecule has 0 spiro atoms. The minimum atomic E-state index is -1.24. The fraction of sp³-hybridized carbons (Fsp3) is 0.0200. The lowest BCUT2D eigenvalue weighted by Crippen LogP contribution is -2.28. The van der Waals surface area contributed by atoms with Gasteiger partial charge in [0.2, 0.25) is 0 Å². The van der Waals surface area contributed by atoms with Crippen LogP contribution < -0.4 is 4.90 Å². The molecular formula is C50H34N2O2. The summed E-state index contributed by atoms with van der Waals surface area (Å²) in [6, 6.07) is 66.1. The van der Waals surface area contributed by atoms with Gasteiger partial charge in [-0.05, 0) is 69.3 Å². The van der Waals surface area contributed by atoms with E-state index in [1.54, 1.807) is 4.90 Å². The highest BCUT2D eigenvalue weighted by atomic mass is 16.3. The van der Waals surface area contributed by atoms with Crippen LogP contribution in [0.25, 0.3) is 72.0 Å². The normalized spacial score (nSPS) is 13.8. The smallest absolute Gasteiger partial charge is 0.261 e. The van der Waals surface area contributed by atoms with Crippen LogP contribution in [-0.4, -0.2) is 15.6 Å². The Morgan fingerprint density at radius 2 is 0.852 bits per heavy atom. The van der Waals surface area contributed by atoms with E-state index in [9.17, 15) is 9.90 Å². The van der Waals surface area contributed by atoms with Gasteiger partial charge in [0.1, 0.15) is 0 Å². The number of carbonyl (C=O) groups excluding carboxylic acids is 1. The maximum Gasteiger partial charge on any atom is 0.261 e. The summed E-state index contributed by atoms with van der Waals surface area (Å²) in [5.41, 5.74) is 12.7. The molecule has 0 fully saturated rings. The Hall–Kier alpha value is -7.01. The first-order valence-corrected chi connectivity index (χ1v) is 18.2. The number of benzene rings is 8. The van der Waals surface area contributed by atoms with Gasteiger partial charge in [0.05, 0.1) is 22.4 Å². The van der Waals surface area contributed by atoms with E-state index in [4.69, 9.17) is 0 Å². The maximum atomic E-state index is 14.7. The number of fused-ring (bicyclic) bond motifs is 4. The second-order valence-corrected chi connectivity index (χ2v) is 13.8. The zero-order valence-corrected chi connectivity index (χ0v) is 29.3. The third-order valence-corrected chi connectivity index (χ3v) is 10.7. The number of anilines is 1. The number of hydrogen-bond acceptors (Lipinski definition) is 2. The minimum Gasteiger partial charge on any atom is -0.369 e. The first kappa shape index (κ1) is 31.7. The molecule has 1 aliphatic heterocycles. The number of aliphatic hydroxyl groups is 1. The van der Waals surface area contributed by atoms with E-state index in [1.807, 2.05) is 84.9 Å². The number of amides is 1. The summed E-state index contributed by atoms with van der Waals surface area (Å²) in [5.74, 6) is -0.238. The summed E-state index contributed by atoms with van der Waals surface area (Å²) >= 11 is 0. The average Bonchev–Trinajstić information content (AvgIpc) is 3.71. The van der Waals surface area contributed by atoms with Crippen LogP contribution in [0.3, 0.4) is 0 Å². The molecule has 9 aromatic rings. The number of nitrogens with zero attached hydrogens (tertiary/aromatic N) is 2. The van der Waals surface area contributed by atoms with Crippen molar-refractivity contribution in [3.05, 3.63) is 205 Å². The molecule has 54 heavy (non-hydrogen) atoms. The number of hydrogen-bond donors (Lipinski definition) is 1. The molecule has 0 radical (unpaired) electrons. The molecule has 0 bridgehead atoms. The zero-order valence-electron chi connectivity index (χ0n) is 29.3. The van der Waals surface area contributed by atoms with Crippen molar-refractivity contribution in [1.82, 2.24) is 4.57 Å². The van der Waals surface area contributed by atoms with Crippen molar-refractivity contribution < 1.29 is 9.90 Å². The molecular weight excluding hydrogens is 661 g/mol. The van der Waals surface area contributed by atoms with Crippen LogP contribution in [0, 0.1) is 0 Å².